The molecule has 8 heteroatoms. The van der Waals surface area contributed by atoms with E-state index in [1.54, 1.807) is 11.0 Å². The third-order valence-corrected chi connectivity index (χ3v) is 6.56. The van der Waals surface area contributed by atoms with Crippen LogP contribution in [0.4, 0.5) is 0 Å². The van der Waals surface area contributed by atoms with Crippen molar-refractivity contribution in [2.45, 2.75) is 31.7 Å². The molecule has 3 aromatic rings. The number of aromatic amines is 1. The monoisotopic (exact) mass is 410 g/mol. The Bertz CT molecular complexity index is 1120. The van der Waals surface area contributed by atoms with E-state index in [0.717, 1.165) is 28.6 Å². The zero-order chi connectivity index (χ0) is 20.2. The Morgan fingerprint density at radius 1 is 1.28 bits per heavy atom. The van der Waals surface area contributed by atoms with Crippen molar-refractivity contribution in [1.29, 1.82) is 0 Å². The number of aromatic nitrogens is 3. The van der Waals surface area contributed by atoms with Crippen LogP contribution in [0.1, 0.15) is 47.1 Å². The molecule has 3 heterocycles. The summed E-state index contributed by atoms with van der Waals surface area (Å²) in [5.74, 6) is -1.16. The molecule has 2 N–H and O–H groups in total. The molecular formula is C21H19ClN4O3. The lowest BCUT2D eigenvalue weighted by molar-refractivity contribution is -0.161. The van der Waals surface area contributed by atoms with Crippen molar-refractivity contribution < 1.29 is 14.7 Å². The predicted molar refractivity (Wildman–Crippen MR) is 107 cm³/mol. The molecule has 2 aromatic heterocycles. The molecule has 29 heavy (non-hydrogen) atoms. The van der Waals surface area contributed by atoms with Crippen LogP contribution in [0.2, 0.25) is 5.02 Å². The van der Waals surface area contributed by atoms with Crippen molar-refractivity contribution in [3.63, 3.8) is 0 Å². The molecule has 1 amide bonds. The van der Waals surface area contributed by atoms with Gasteiger partial charge in [-0.25, -0.2) is 4.98 Å². The highest BCUT2D eigenvalue weighted by Gasteiger charge is 2.56. The normalized spacial score (nSPS) is 20.2. The van der Waals surface area contributed by atoms with E-state index in [1.807, 2.05) is 12.1 Å². The van der Waals surface area contributed by atoms with Crippen molar-refractivity contribution in [2.24, 2.45) is 5.41 Å². The van der Waals surface area contributed by atoms with Crippen LogP contribution in [0.15, 0.2) is 36.8 Å². The molecule has 0 bridgehead atoms. The summed E-state index contributed by atoms with van der Waals surface area (Å²) in [6, 6.07) is 5.02. The number of rotatable bonds is 3. The first-order valence-corrected chi connectivity index (χ1v) is 9.99. The van der Waals surface area contributed by atoms with Gasteiger partial charge in [0.1, 0.15) is 5.69 Å². The van der Waals surface area contributed by atoms with Gasteiger partial charge in [-0.05, 0) is 43.0 Å². The average molecular weight is 411 g/mol. The van der Waals surface area contributed by atoms with Gasteiger partial charge in [-0.15, -0.1) is 0 Å². The van der Waals surface area contributed by atoms with Crippen LogP contribution < -0.4 is 0 Å². The third kappa shape index (κ3) is 2.64. The molecule has 1 aliphatic heterocycles. The summed E-state index contributed by atoms with van der Waals surface area (Å²) >= 11 is 6.20. The van der Waals surface area contributed by atoms with E-state index in [0.29, 0.717) is 30.8 Å². The second-order valence-corrected chi connectivity index (χ2v) is 8.20. The molecule has 1 aliphatic carbocycles. The van der Waals surface area contributed by atoms with Gasteiger partial charge in [0.15, 0.2) is 0 Å². The maximum atomic E-state index is 13.3. The SMILES string of the molecule is O=C(c1cnccn1)N1CCc2c([nH]c3ccc(Cl)cc23)C1C1(C(=O)O)CCC1. The maximum absolute atomic E-state index is 13.3. The highest BCUT2D eigenvalue weighted by atomic mass is 35.5. The Morgan fingerprint density at radius 3 is 2.76 bits per heavy atom. The van der Waals surface area contributed by atoms with Gasteiger partial charge in [-0.1, -0.05) is 18.0 Å². The summed E-state index contributed by atoms with van der Waals surface area (Å²) in [7, 11) is 0. The molecule has 5 rings (SSSR count). The number of halogens is 1. The summed E-state index contributed by atoms with van der Waals surface area (Å²) in [4.78, 5) is 38.9. The Morgan fingerprint density at radius 2 is 2.10 bits per heavy atom. The number of fused-ring (bicyclic) bond motifs is 3. The van der Waals surface area contributed by atoms with Gasteiger partial charge in [0.25, 0.3) is 5.91 Å². The zero-order valence-electron chi connectivity index (χ0n) is 15.6. The Balaban J connectivity index is 1.69. The first kappa shape index (κ1) is 18.1. The average Bonchev–Trinajstić information content (AvgIpc) is 3.05. The van der Waals surface area contributed by atoms with Crippen LogP contribution in [-0.2, 0) is 11.2 Å². The van der Waals surface area contributed by atoms with E-state index in [1.165, 1.54) is 18.6 Å². The lowest BCUT2D eigenvalue weighted by atomic mass is 9.61. The minimum atomic E-state index is -1.00. The van der Waals surface area contributed by atoms with Crippen molar-refractivity contribution in [3.05, 3.63) is 58.8 Å². The summed E-state index contributed by atoms with van der Waals surface area (Å²) in [5, 5.41) is 11.8. The van der Waals surface area contributed by atoms with Crippen molar-refractivity contribution in [3.8, 4) is 0 Å². The van der Waals surface area contributed by atoms with E-state index in [2.05, 4.69) is 15.0 Å². The van der Waals surface area contributed by atoms with Crippen LogP contribution in [0.25, 0.3) is 10.9 Å². The minimum Gasteiger partial charge on any atom is -0.481 e. The number of hydrogen-bond acceptors (Lipinski definition) is 4. The number of nitrogens with zero attached hydrogens (tertiary/aromatic N) is 3. The molecule has 0 radical (unpaired) electrons. The van der Waals surface area contributed by atoms with Crippen LogP contribution in [0.3, 0.4) is 0 Å². The van der Waals surface area contributed by atoms with Crippen LogP contribution in [0.5, 0.6) is 0 Å². The molecule has 2 aliphatic rings. The Kier molecular flexibility index (Phi) is 4.10. The highest BCUT2D eigenvalue weighted by Crippen LogP contribution is 2.55. The number of carbonyl (C=O) groups excluding carboxylic acids is 1. The van der Waals surface area contributed by atoms with E-state index < -0.39 is 17.4 Å². The molecule has 1 aromatic carbocycles. The second kappa shape index (κ2) is 6.56. The topological polar surface area (TPSA) is 99.2 Å². The molecule has 1 atom stereocenters. The molecule has 1 saturated carbocycles. The lowest BCUT2D eigenvalue weighted by Crippen LogP contribution is -2.54. The van der Waals surface area contributed by atoms with Gasteiger partial charge in [0.05, 0.1) is 17.7 Å². The number of carbonyl (C=O) groups is 2. The number of carboxylic acids is 1. The van der Waals surface area contributed by atoms with E-state index in [-0.39, 0.29) is 11.6 Å². The number of benzene rings is 1. The summed E-state index contributed by atoms with van der Waals surface area (Å²) < 4.78 is 0. The van der Waals surface area contributed by atoms with E-state index in [4.69, 9.17) is 11.6 Å². The standard InChI is InChI=1S/C21H19ClN4O3/c22-12-2-3-15-14(10-12)13-4-9-26(19(27)16-11-23-7-8-24-16)18(17(13)25-15)21(20(28)29)5-1-6-21/h2-3,7-8,10-11,18,25H,1,4-6,9H2,(H,28,29). The third-order valence-electron chi connectivity index (χ3n) is 6.33. The second-order valence-electron chi connectivity index (χ2n) is 7.76. The van der Waals surface area contributed by atoms with Crippen LogP contribution in [0, 0.1) is 5.41 Å². The van der Waals surface area contributed by atoms with Crippen LogP contribution in [-0.4, -0.2) is 43.4 Å². The van der Waals surface area contributed by atoms with Gasteiger partial charge in [0, 0.05) is 40.6 Å². The van der Waals surface area contributed by atoms with E-state index >= 15 is 0 Å². The van der Waals surface area contributed by atoms with Gasteiger partial charge >= 0.3 is 5.97 Å². The van der Waals surface area contributed by atoms with Gasteiger partial charge < -0.3 is 15.0 Å². The van der Waals surface area contributed by atoms with E-state index in [9.17, 15) is 14.7 Å². The minimum absolute atomic E-state index is 0.222. The van der Waals surface area contributed by atoms with Gasteiger partial charge in [-0.3, -0.25) is 14.6 Å². The Hall–Kier alpha value is -2.93. The maximum Gasteiger partial charge on any atom is 0.312 e. The quantitative estimate of drug-likeness (QED) is 0.687. The predicted octanol–water partition coefficient (Wildman–Crippen LogP) is 3.61. The molecule has 7 nitrogen and oxygen atoms in total. The van der Waals surface area contributed by atoms with Crippen molar-refractivity contribution in [1.82, 2.24) is 19.9 Å². The highest BCUT2D eigenvalue weighted by molar-refractivity contribution is 6.31. The number of aliphatic carboxylic acids is 1. The van der Waals surface area contributed by atoms with Crippen molar-refractivity contribution in [2.75, 3.05) is 6.54 Å². The number of nitrogens with one attached hydrogen (secondary N) is 1. The zero-order valence-corrected chi connectivity index (χ0v) is 16.3. The molecule has 148 valence electrons. The fraction of sp³-hybridized carbons (Fsp3) is 0.333. The number of H-pyrrole nitrogens is 1. The number of amides is 1. The number of carboxylic acid groups (broad SMARTS) is 1. The lowest BCUT2D eigenvalue weighted by Gasteiger charge is -2.50. The van der Waals surface area contributed by atoms with Crippen LogP contribution >= 0.6 is 11.6 Å². The molecular weight excluding hydrogens is 392 g/mol. The molecule has 0 spiro atoms. The molecule has 1 unspecified atom stereocenters. The first-order chi connectivity index (χ1) is 14.0. The smallest absolute Gasteiger partial charge is 0.312 e. The fourth-order valence-electron chi connectivity index (χ4n) is 4.77. The Labute approximate surface area is 171 Å². The summed E-state index contributed by atoms with van der Waals surface area (Å²) in [5.41, 5.74) is 1.96. The van der Waals surface area contributed by atoms with Gasteiger partial charge in [-0.2, -0.15) is 0 Å². The summed E-state index contributed by atoms with van der Waals surface area (Å²) in [6.45, 7) is 0.418. The summed E-state index contributed by atoms with van der Waals surface area (Å²) in [6.07, 6.45) is 6.92. The fourth-order valence-corrected chi connectivity index (χ4v) is 4.94. The number of hydrogen-bond donors (Lipinski definition) is 2. The molecule has 0 saturated heterocycles. The first-order valence-electron chi connectivity index (χ1n) is 9.62. The molecule has 1 fully saturated rings. The van der Waals surface area contributed by atoms with Gasteiger partial charge in [0.2, 0.25) is 0 Å². The largest absolute Gasteiger partial charge is 0.481 e. The van der Waals surface area contributed by atoms with Crippen molar-refractivity contribution >= 4 is 34.4 Å².